The van der Waals surface area contributed by atoms with E-state index in [0.717, 1.165) is 5.56 Å². The second-order valence-electron chi connectivity index (χ2n) is 4.49. The third-order valence-electron chi connectivity index (χ3n) is 3.41. The Balaban J connectivity index is 2.69. The van der Waals surface area contributed by atoms with E-state index in [4.69, 9.17) is 5.11 Å². The number of hydrogen-bond donors (Lipinski definition) is 1. The van der Waals surface area contributed by atoms with Crippen LogP contribution in [0.1, 0.15) is 21.5 Å². The summed E-state index contributed by atoms with van der Waals surface area (Å²) in [5.74, 6) is -1.00. The largest absolute Gasteiger partial charge is 0.478 e. The monoisotopic (exact) mass is 271 g/mol. The number of carboxylic acid groups (broad SMARTS) is 1. The molecule has 2 rings (SSSR count). The van der Waals surface area contributed by atoms with Gasteiger partial charge in [-0.2, -0.15) is 0 Å². The van der Waals surface area contributed by atoms with E-state index in [0.29, 0.717) is 16.7 Å². The van der Waals surface area contributed by atoms with Gasteiger partial charge in [0.25, 0.3) is 5.69 Å². The van der Waals surface area contributed by atoms with Crippen molar-refractivity contribution in [3.63, 3.8) is 0 Å². The van der Waals surface area contributed by atoms with E-state index in [1.807, 2.05) is 0 Å². The zero-order valence-electron chi connectivity index (χ0n) is 11.1. The molecule has 0 amide bonds. The second-order valence-corrected chi connectivity index (χ2v) is 4.49. The van der Waals surface area contributed by atoms with Gasteiger partial charge in [-0.3, -0.25) is 10.1 Å². The predicted molar refractivity (Wildman–Crippen MR) is 75.0 cm³/mol. The minimum absolute atomic E-state index is 0.0121. The number of aromatic carboxylic acids is 1. The van der Waals surface area contributed by atoms with Crippen molar-refractivity contribution in [1.29, 1.82) is 0 Å². The smallest absolute Gasteiger partial charge is 0.335 e. The molecule has 2 aromatic rings. The van der Waals surface area contributed by atoms with Crippen molar-refractivity contribution < 1.29 is 14.8 Å². The van der Waals surface area contributed by atoms with E-state index >= 15 is 0 Å². The molecule has 0 fully saturated rings. The van der Waals surface area contributed by atoms with Gasteiger partial charge in [0.1, 0.15) is 0 Å². The number of nitro groups is 1. The quantitative estimate of drug-likeness (QED) is 0.683. The normalized spacial score (nSPS) is 10.3. The van der Waals surface area contributed by atoms with Gasteiger partial charge in [-0.25, -0.2) is 4.79 Å². The molecule has 0 saturated heterocycles. The first-order valence-electron chi connectivity index (χ1n) is 6.00. The third-order valence-corrected chi connectivity index (χ3v) is 3.41. The summed E-state index contributed by atoms with van der Waals surface area (Å²) in [5, 5.41) is 20.2. The lowest BCUT2D eigenvalue weighted by molar-refractivity contribution is -0.384. The third kappa shape index (κ3) is 2.25. The van der Waals surface area contributed by atoms with Gasteiger partial charge in [-0.1, -0.05) is 18.2 Å². The molecule has 20 heavy (non-hydrogen) atoms. The van der Waals surface area contributed by atoms with Crippen molar-refractivity contribution in [3.8, 4) is 11.1 Å². The molecule has 0 bridgehead atoms. The topological polar surface area (TPSA) is 80.4 Å². The van der Waals surface area contributed by atoms with Crippen molar-refractivity contribution in [2.45, 2.75) is 13.8 Å². The van der Waals surface area contributed by atoms with Crippen LogP contribution >= 0.6 is 0 Å². The van der Waals surface area contributed by atoms with Crippen LogP contribution in [0.15, 0.2) is 36.4 Å². The maximum absolute atomic E-state index is 11.1. The van der Waals surface area contributed by atoms with E-state index in [9.17, 15) is 14.9 Å². The van der Waals surface area contributed by atoms with Crippen molar-refractivity contribution >= 4 is 11.7 Å². The number of para-hydroxylation sites is 1. The average Bonchev–Trinajstić information content (AvgIpc) is 2.41. The molecule has 1 N–H and O–H groups in total. The van der Waals surface area contributed by atoms with Gasteiger partial charge in [0.2, 0.25) is 0 Å². The first-order valence-corrected chi connectivity index (χ1v) is 6.00. The minimum Gasteiger partial charge on any atom is -0.478 e. The molecule has 0 aliphatic rings. The second kappa shape index (κ2) is 5.13. The average molecular weight is 271 g/mol. The van der Waals surface area contributed by atoms with Gasteiger partial charge in [0.05, 0.1) is 16.1 Å². The summed E-state index contributed by atoms with van der Waals surface area (Å²) in [7, 11) is 0. The van der Waals surface area contributed by atoms with Gasteiger partial charge in [-0.15, -0.1) is 0 Å². The Morgan fingerprint density at radius 1 is 1.05 bits per heavy atom. The van der Waals surface area contributed by atoms with E-state index in [1.54, 1.807) is 38.1 Å². The molecular formula is C15H13NO4. The fourth-order valence-corrected chi connectivity index (χ4v) is 2.20. The zero-order chi connectivity index (χ0) is 14.9. The first kappa shape index (κ1) is 13.7. The van der Waals surface area contributed by atoms with Crippen LogP contribution in [-0.4, -0.2) is 16.0 Å². The number of nitro benzene ring substituents is 1. The molecule has 0 aliphatic carbocycles. The van der Waals surface area contributed by atoms with Crippen LogP contribution in [-0.2, 0) is 0 Å². The maximum Gasteiger partial charge on any atom is 0.335 e. The highest BCUT2D eigenvalue weighted by Crippen LogP contribution is 2.33. The Bertz CT molecular complexity index is 707. The van der Waals surface area contributed by atoms with Gasteiger partial charge in [0, 0.05) is 6.07 Å². The Morgan fingerprint density at radius 3 is 2.30 bits per heavy atom. The molecule has 0 radical (unpaired) electrons. The number of hydrogen-bond acceptors (Lipinski definition) is 3. The minimum atomic E-state index is -1.00. The van der Waals surface area contributed by atoms with Crippen LogP contribution in [0, 0.1) is 24.0 Å². The fourth-order valence-electron chi connectivity index (χ4n) is 2.20. The lowest BCUT2D eigenvalue weighted by Gasteiger charge is -2.11. The van der Waals surface area contributed by atoms with Crippen molar-refractivity contribution in [2.24, 2.45) is 0 Å². The number of rotatable bonds is 3. The molecule has 2 aromatic carbocycles. The Hall–Kier alpha value is -2.69. The summed E-state index contributed by atoms with van der Waals surface area (Å²) >= 11 is 0. The number of carbonyl (C=O) groups is 1. The van der Waals surface area contributed by atoms with E-state index in [2.05, 4.69) is 0 Å². The van der Waals surface area contributed by atoms with Gasteiger partial charge < -0.3 is 5.11 Å². The summed E-state index contributed by atoms with van der Waals surface area (Å²) in [6, 6.07) is 9.54. The van der Waals surface area contributed by atoms with Crippen molar-refractivity contribution in [3.05, 3.63) is 63.2 Å². The summed E-state index contributed by atoms with van der Waals surface area (Å²) in [4.78, 5) is 21.7. The molecule has 0 aliphatic heterocycles. The molecule has 0 saturated carbocycles. The molecule has 0 heterocycles. The Labute approximate surface area is 115 Å². The highest BCUT2D eigenvalue weighted by molar-refractivity contribution is 5.91. The SMILES string of the molecule is Cc1c(C(=O)O)ccc(-c2ccccc2[N+](=O)[O-])c1C. The molecule has 102 valence electrons. The Kier molecular flexibility index (Phi) is 3.52. The number of carboxylic acids is 1. The standard InChI is InChI=1S/C15H13NO4/c1-9-10(2)12(15(17)18)8-7-11(9)13-5-3-4-6-14(13)16(19)20/h3-8H,1-2H3,(H,17,18). The molecule has 5 heteroatoms. The lowest BCUT2D eigenvalue weighted by atomic mass is 9.93. The summed E-state index contributed by atoms with van der Waals surface area (Å²) in [5.41, 5.74) is 2.75. The van der Waals surface area contributed by atoms with Crippen molar-refractivity contribution in [2.75, 3.05) is 0 Å². The van der Waals surface area contributed by atoms with E-state index in [-0.39, 0.29) is 11.3 Å². The highest BCUT2D eigenvalue weighted by atomic mass is 16.6. The van der Waals surface area contributed by atoms with E-state index < -0.39 is 10.9 Å². The van der Waals surface area contributed by atoms with Crippen LogP contribution in [0.5, 0.6) is 0 Å². The predicted octanol–water partition coefficient (Wildman–Crippen LogP) is 3.58. The fraction of sp³-hybridized carbons (Fsp3) is 0.133. The zero-order valence-corrected chi connectivity index (χ0v) is 11.1. The highest BCUT2D eigenvalue weighted by Gasteiger charge is 2.18. The summed E-state index contributed by atoms with van der Waals surface area (Å²) in [6.07, 6.45) is 0. The first-order chi connectivity index (χ1) is 9.43. The summed E-state index contributed by atoms with van der Waals surface area (Å²) < 4.78 is 0. The molecule has 0 atom stereocenters. The lowest BCUT2D eigenvalue weighted by Crippen LogP contribution is -2.03. The van der Waals surface area contributed by atoms with Gasteiger partial charge in [0.15, 0.2) is 0 Å². The maximum atomic E-state index is 11.1. The molecule has 0 unspecified atom stereocenters. The summed E-state index contributed by atoms with van der Waals surface area (Å²) in [6.45, 7) is 3.48. The molecular weight excluding hydrogens is 258 g/mol. The van der Waals surface area contributed by atoms with E-state index in [1.165, 1.54) is 12.1 Å². The Morgan fingerprint density at radius 2 is 1.70 bits per heavy atom. The van der Waals surface area contributed by atoms with Crippen LogP contribution < -0.4 is 0 Å². The van der Waals surface area contributed by atoms with Crippen LogP contribution in [0.2, 0.25) is 0 Å². The van der Waals surface area contributed by atoms with Gasteiger partial charge in [-0.05, 0) is 42.7 Å². The van der Waals surface area contributed by atoms with Crippen LogP contribution in [0.3, 0.4) is 0 Å². The molecule has 5 nitrogen and oxygen atoms in total. The van der Waals surface area contributed by atoms with Crippen molar-refractivity contribution in [1.82, 2.24) is 0 Å². The number of nitrogens with zero attached hydrogens (tertiary/aromatic N) is 1. The van der Waals surface area contributed by atoms with Crippen LogP contribution in [0.25, 0.3) is 11.1 Å². The number of benzene rings is 2. The molecule has 0 aromatic heterocycles. The molecule has 0 spiro atoms. The van der Waals surface area contributed by atoms with Crippen LogP contribution in [0.4, 0.5) is 5.69 Å². The van der Waals surface area contributed by atoms with Gasteiger partial charge >= 0.3 is 5.97 Å².